The van der Waals surface area contributed by atoms with Crippen molar-refractivity contribution in [1.82, 2.24) is 20.5 Å². The zero-order valence-corrected chi connectivity index (χ0v) is 15.2. The van der Waals surface area contributed by atoms with Crippen molar-refractivity contribution in [2.24, 2.45) is 11.7 Å². The molecule has 0 aliphatic carbocycles. The number of primary amides is 1. The van der Waals surface area contributed by atoms with Crippen LogP contribution in [0.1, 0.15) is 37.4 Å². The number of likely N-dealkylation sites (tertiary alicyclic amines) is 1. The Morgan fingerprint density at radius 2 is 2.21 bits per heavy atom. The normalized spacial score (nSPS) is 20.9. The first-order valence-corrected chi connectivity index (χ1v) is 9.38. The average Bonchev–Trinajstić information content (AvgIpc) is 3.13. The van der Waals surface area contributed by atoms with Crippen molar-refractivity contribution in [1.29, 1.82) is 0 Å². The minimum absolute atomic E-state index is 0.0728. The largest absolute Gasteiger partial charge is 0.352 e. The second kappa shape index (κ2) is 8.98. The molecule has 134 valence electrons. The number of carbonyl (C=O) groups is 2. The SMILES string of the molecule is CCC[C@H]1CN(Cc2csc(CC)n2)C[C@@H]1NC(=O)CNC(N)=O. The van der Waals surface area contributed by atoms with Crippen molar-refractivity contribution >= 4 is 23.3 Å². The number of aryl methyl sites for hydroxylation is 1. The Labute approximate surface area is 147 Å². The highest BCUT2D eigenvalue weighted by molar-refractivity contribution is 7.09. The van der Waals surface area contributed by atoms with Crippen LogP contribution in [0, 0.1) is 5.92 Å². The number of carbonyl (C=O) groups excluding carboxylic acids is 2. The molecule has 1 aromatic heterocycles. The lowest BCUT2D eigenvalue weighted by molar-refractivity contribution is -0.120. The predicted molar refractivity (Wildman–Crippen MR) is 94.7 cm³/mol. The van der Waals surface area contributed by atoms with Gasteiger partial charge in [0.25, 0.3) is 0 Å². The van der Waals surface area contributed by atoms with Crippen LogP contribution < -0.4 is 16.4 Å². The first-order chi connectivity index (χ1) is 11.5. The minimum atomic E-state index is -0.682. The molecule has 1 aliphatic rings. The Balaban J connectivity index is 1.89. The number of nitrogens with two attached hydrogens (primary N) is 1. The molecule has 1 fully saturated rings. The molecule has 4 N–H and O–H groups in total. The van der Waals surface area contributed by atoms with Gasteiger partial charge in [-0.3, -0.25) is 9.69 Å². The molecule has 0 saturated carbocycles. The molecule has 7 nitrogen and oxygen atoms in total. The summed E-state index contributed by atoms with van der Waals surface area (Å²) >= 11 is 1.71. The van der Waals surface area contributed by atoms with Gasteiger partial charge in [-0.25, -0.2) is 9.78 Å². The highest BCUT2D eigenvalue weighted by atomic mass is 32.1. The molecule has 2 heterocycles. The van der Waals surface area contributed by atoms with Crippen molar-refractivity contribution in [3.63, 3.8) is 0 Å². The van der Waals surface area contributed by atoms with Crippen LogP contribution in [0.25, 0.3) is 0 Å². The van der Waals surface area contributed by atoms with Crippen molar-refractivity contribution in [3.05, 3.63) is 16.1 Å². The van der Waals surface area contributed by atoms with Crippen LogP contribution in [-0.2, 0) is 17.8 Å². The van der Waals surface area contributed by atoms with Crippen LogP contribution in [0.2, 0.25) is 0 Å². The molecule has 0 unspecified atom stereocenters. The third-order valence-electron chi connectivity index (χ3n) is 4.23. The number of thiazole rings is 1. The van der Waals surface area contributed by atoms with Gasteiger partial charge in [-0.1, -0.05) is 20.3 Å². The van der Waals surface area contributed by atoms with Crippen LogP contribution in [0.3, 0.4) is 0 Å². The van der Waals surface area contributed by atoms with Gasteiger partial charge in [0.05, 0.1) is 17.2 Å². The summed E-state index contributed by atoms with van der Waals surface area (Å²) in [5, 5.41) is 8.65. The van der Waals surface area contributed by atoms with Gasteiger partial charge in [0.1, 0.15) is 0 Å². The summed E-state index contributed by atoms with van der Waals surface area (Å²) in [6, 6.07) is -0.574. The van der Waals surface area contributed by atoms with Crippen molar-refractivity contribution in [3.8, 4) is 0 Å². The standard InChI is InChI=1S/C16H27N5O2S/c1-3-5-11-7-21(8-12-10-24-15(4-2)19-12)9-13(11)20-14(22)6-18-16(17)23/h10-11,13H,3-9H2,1-2H3,(H,20,22)(H3,17,18,23)/t11-,13-/m0/s1. The highest BCUT2D eigenvalue weighted by Gasteiger charge is 2.33. The average molecular weight is 353 g/mol. The molecular formula is C16H27N5O2S. The number of rotatable bonds is 8. The summed E-state index contributed by atoms with van der Waals surface area (Å²) < 4.78 is 0. The Kier molecular flexibility index (Phi) is 6.99. The Morgan fingerprint density at radius 1 is 1.42 bits per heavy atom. The molecule has 8 heteroatoms. The highest BCUT2D eigenvalue weighted by Crippen LogP contribution is 2.24. The number of hydrogen-bond donors (Lipinski definition) is 3. The zero-order valence-electron chi connectivity index (χ0n) is 14.4. The fraction of sp³-hybridized carbons (Fsp3) is 0.688. The van der Waals surface area contributed by atoms with Crippen molar-refractivity contribution in [2.75, 3.05) is 19.6 Å². The van der Waals surface area contributed by atoms with E-state index in [1.54, 1.807) is 11.3 Å². The van der Waals surface area contributed by atoms with E-state index in [0.29, 0.717) is 5.92 Å². The lowest BCUT2D eigenvalue weighted by Crippen LogP contribution is -2.46. The molecule has 1 aromatic rings. The molecule has 0 spiro atoms. The van der Waals surface area contributed by atoms with Crippen molar-refractivity contribution in [2.45, 2.75) is 45.7 Å². The van der Waals surface area contributed by atoms with E-state index in [-0.39, 0.29) is 18.5 Å². The third kappa shape index (κ3) is 5.45. The van der Waals surface area contributed by atoms with Crippen LogP contribution in [-0.4, -0.2) is 47.5 Å². The monoisotopic (exact) mass is 353 g/mol. The maximum absolute atomic E-state index is 11.9. The summed E-state index contributed by atoms with van der Waals surface area (Å²) in [5.41, 5.74) is 6.11. The molecule has 0 radical (unpaired) electrons. The van der Waals surface area contributed by atoms with Gasteiger partial charge in [0, 0.05) is 31.1 Å². The number of nitrogens with one attached hydrogen (secondary N) is 2. The maximum atomic E-state index is 11.9. The number of aromatic nitrogens is 1. The fourth-order valence-corrected chi connectivity index (χ4v) is 3.89. The van der Waals surface area contributed by atoms with E-state index in [1.807, 2.05) is 0 Å². The Bertz CT molecular complexity index is 562. The quantitative estimate of drug-likeness (QED) is 0.651. The van der Waals surface area contributed by atoms with Crippen LogP contribution >= 0.6 is 11.3 Å². The molecular weight excluding hydrogens is 326 g/mol. The summed E-state index contributed by atoms with van der Waals surface area (Å²) in [5.74, 6) is 0.237. The van der Waals surface area contributed by atoms with Crippen LogP contribution in [0.15, 0.2) is 5.38 Å². The third-order valence-corrected chi connectivity index (χ3v) is 5.27. The number of nitrogens with zero attached hydrogens (tertiary/aromatic N) is 2. The molecule has 1 aliphatic heterocycles. The first kappa shape index (κ1) is 18.7. The fourth-order valence-electron chi connectivity index (χ4n) is 3.15. The van der Waals surface area contributed by atoms with Gasteiger partial charge in [0.15, 0.2) is 0 Å². The van der Waals surface area contributed by atoms with Crippen molar-refractivity contribution < 1.29 is 9.59 Å². The van der Waals surface area contributed by atoms with E-state index < -0.39 is 6.03 Å². The van der Waals surface area contributed by atoms with E-state index in [0.717, 1.165) is 49.6 Å². The molecule has 0 aromatic carbocycles. The van der Waals surface area contributed by atoms with E-state index in [4.69, 9.17) is 5.73 Å². The maximum Gasteiger partial charge on any atom is 0.312 e. The van der Waals surface area contributed by atoms with Crippen LogP contribution in [0.4, 0.5) is 4.79 Å². The molecule has 2 atom stereocenters. The van der Waals surface area contributed by atoms with E-state index in [1.165, 1.54) is 0 Å². The molecule has 24 heavy (non-hydrogen) atoms. The smallest absolute Gasteiger partial charge is 0.312 e. The predicted octanol–water partition coefficient (Wildman–Crippen LogP) is 1.09. The van der Waals surface area contributed by atoms with Gasteiger partial charge >= 0.3 is 6.03 Å². The van der Waals surface area contributed by atoms with Gasteiger partial charge in [0.2, 0.25) is 5.91 Å². The van der Waals surface area contributed by atoms with Gasteiger partial charge in [-0.2, -0.15) is 0 Å². The van der Waals surface area contributed by atoms with Gasteiger partial charge in [-0.05, 0) is 18.8 Å². The van der Waals surface area contributed by atoms with Gasteiger partial charge in [-0.15, -0.1) is 11.3 Å². The molecule has 1 saturated heterocycles. The van der Waals surface area contributed by atoms with Gasteiger partial charge < -0.3 is 16.4 Å². The first-order valence-electron chi connectivity index (χ1n) is 8.50. The lowest BCUT2D eigenvalue weighted by atomic mass is 9.98. The summed E-state index contributed by atoms with van der Waals surface area (Å²) in [7, 11) is 0. The molecule has 2 rings (SSSR count). The Morgan fingerprint density at radius 3 is 2.83 bits per heavy atom. The second-order valence-corrected chi connectivity index (χ2v) is 7.16. The molecule has 0 bridgehead atoms. The van der Waals surface area contributed by atoms with E-state index in [9.17, 15) is 9.59 Å². The zero-order chi connectivity index (χ0) is 17.5. The number of amides is 3. The summed E-state index contributed by atoms with van der Waals surface area (Å²) in [6.07, 6.45) is 3.12. The molecule has 3 amide bonds. The van der Waals surface area contributed by atoms with E-state index >= 15 is 0 Å². The summed E-state index contributed by atoms with van der Waals surface area (Å²) in [4.78, 5) is 29.6. The number of hydrogen-bond acceptors (Lipinski definition) is 5. The Hall–Kier alpha value is -1.67. The lowest BCUT2D eigenvalue weighted by Gasteiger charge is -2.19. The topological polar surface area (TPSA) is 100 Å². The minimum Gasteiger partial charge on any atom is -0.352 e. The second-order valence-electron chi connectivity index (χ2n) is 6.22. The summed E-state index contributed by atoms with van der Waals surface area (Å²) in [6.45, 7) is 6.79. The van der Waals surface area contributed by atoms with E-state index in [2.05, 4.69) is 39.7 Å². The van der Waals surface area contributed by atoms with Crippen LogP contribution in [0.5, 0.6) is 0 Å². The number of urea groups is 1.